The highest BCUT2D eigenvalue weighted by atomic mass is 16.5. The van der Waals surface area contributed by atoms with Crippen molar-refractivity contribution in [1.82, 2.24) is 15.1 Å². The Balaban J connectivity index is 1.16. The zero-order valence-electron chi connectivity index (χ0n) is 19.9. The first-order chi connectivity index (χ1) is 17.2. The first-order valence-electron chi connectivity index (χ1n) is 12.3. The molecule has 2 aliphatic heterocycles. The number of carbonyl (C=O) groups is 1. The van der Waals surface area contributed by atoms with Crippen LogP contribution in [0.5, 0.6) is 5.75 Å². The monoisotopic (exact) mass is 467 g/mol. The molecule has 1 fully saturated rings. The van der Waals surface area contributed by atoms with Gasteiger partial charge in [-0.2, -0.15) is 5.10 Å². The molecule has 2 aliphatic rings. The lowest BCUT2D eigenvalue weighted by atomic mass is 10.0. The summed E-state index contributed by atoms with van der Waals surface area (Å²) in [6.45, 7) is 8.23. The van der Waals surface area contributed by atoms with Gasteiger partial charge < -0.3 is 19.9 Å². The van der Waals surface area contributed by atoms with Crippen LogP contribution in [-0.4, -0.2) is 60.3 Å². The molecule has 7 heteroatoms. The third-order valence-electron chi connectivity index (χ3n) is 7.13. The Hall–Kier alpha value is -3.84. The lowest BCUT2D eigenvalue weighted by Crippen LogP contribution is -2.46. The first kappa shape index (κ1) is 21.7. The maximum absolute atomic E-state index is 12.9. The van der Waals surface area contributed by atoms with Crippen molar-refractivity contribution in [2.45, 2.75) is 13.3 Å². The molecule has 3 aromatic carbocycles. The van der Waals surface area contributed by atoms with Gasteiger partial charge in [0.25, 0.3) is 5.91 Å². The number of carbonyl (C=O) groups excluding carboxylic acids is 1. The van der Waals surface area contributed by atoms with Gasteiger partial charge in [-0.3, -0.25) is 9.89 Å². The van der Waals surface area contributed by atoms with Crippen LogP contribution in [0.3, 0.4) is 0 Å². The fraction of sp³-hybridized carbons (Fsp3) is 0.286. The minimum absolute atomic E-state index is 0.163. The second-order valence-electron chi connectivity index (χ2n) is 9.18. The SMILES string of the molecule is CCN1CCN(c2ccc(C(=O)Nc3n[nH]c4cc(-c5ccc6c(c5)CCO6)ccc34)cc2)CC1. The molecule has 0 radical (unpaired) electrons. The standard InChI is InChI=1S/C28H29N5O2/c1-2-32-12-14-33(15-13-32)23-7-3-19(4-8-23)28(34)29-27-24-9-5-21(18-25(24)30-31-27)20-6-10-26-22(17-20)11-16-35-26/h3-10,17-18H,2,11-16H2,1H3,(H2,29,30,31,34). The van der Waals surface area contributed by atoms with Crippen molar-refractivity contribution in [2.75, 3.05) is 49.5 Å². The fourth-order valence-corrected chi connectivity index (χ4v) is 4.99. The largest absolute Gasteiger partial charge is 0.493 e. The van der Waals surface area contributed by atoms with Crippen LogP contribution in [0.2, 0.25) is 0 Å². The van der Waals surface area contributed by atoms with Crippen molar-refractivity contribution in [3.8, 4) is 16.9 Å². The highest BCUT2D eigenvalue weighted by Crippen LogP contribution is 2.32. The van der Waals surface area contributed by atoms with Crippen molar-refractivity contribution in [2.24, 2.45) is 0 Å². The van der Waals surface area contributed by atoms with E-state index in [2.05, 4.69) is 56.5 Å². The molecule has 35 heavy (non-hydrogen) atoms. The van der Waals surface area contributed by atoms with Crippen LogP contribution < -0.4 is 15.0 Å². The summed E-state index contributed by atoms with van der Waals surface area (Å²) < 4.78 is 5.62. The number of nitrogens with one attached hydrogen (secondary N) is 2. The maximum Gasteiger partial charge on any atom is 0.256 e. The van der Waals surface area contributed by atoms with Gasteiger partial charge in [0.1, 0.15) is 5.75 Å². The Labute approximate surface area is 204 Å². The molecule has 0 unspecified atom stereocenters. The van der Waals surface area contributed by atoms with Crippen LogP contribution in [0, 0.1) is 0 Å². The number of benzene rings is 3. The third-order valence-corrected chi connectivity index (χ3v) is 7.13. The smallest absolute Gasteiger partial charge is 0.256 e. The van der Waals surface area contributed by atoms with Gasteiger partial charge in [0.05, 0.1) is 12.1 Å². The number of piperazine rings is 1. The van der Waals surface area contributed by atoms with E-state index in [4.69, 9.17) is 4.74 Å². The number of anilines is 2. The van der Waals surface area contributed by atoms with Crippen molar-refractivity contribution >= 4 is 28.3 Å². The molecular formula is C28H29N5O2. The van der Waals surface area contributed by atoms with E-state index < -0.39 is 0 Å². The predicted molar refractivity (Wildman–Crippen MR) is 139 cm³/mol. The molecule has 3 heterocycles. The number of amides is 1. The number of H-pyrrole nitrogens is 1. The lowest BCUT2D eigenvalue weighted by Gasteiger charge is -2.35. The van der Waals surface area contributed by atoms with Crippen LogP contribution >= 0.6 is 0 Å². The molecule has 1 amide bonds. The van der Waals surface area contributed by atoms with E-state index in [1.165, 1.54) is 5.56 Å². The summed E-state index contributed by atoms with van der Waals surface area (Å²) in [5.74, 6) is 1.36. The molecule has 2 N–H and O–H groups in total. The van der Waals surface area contributed by atoms with Gasteiger partial charge in [-0.1, -0.05) is 19.1 Å². The molecule has 178 valence electrons. The molecule has 1 saturated heterocycles. The van der Waals surface area contributed by atoms with E-state index in [1.54, 1.807) is 0 Å². The minimum atomic E-state index is -0.163. The van der Waals surface area contributed by atoms with Gasteiger partial charge in [-0.15, -0.1) is 0 Å². The number of ether oxygens (including phenoxy) is 1. The second kappa shape index (κ2) is 9.07. The van der Waals surface area contributed by atoms with E-state index in [1.807, 2.05) is 36.4 Å². The average Bonchev–Trinajstić information content (AvgIpc) is 3.55. The Morgan fingerprint density at radius 1 is 1.00 bits per heavy atom. The van der Waals surface area contributed by atoms with Gasteiger partial charge >= 0.3 is 0 Å². The number of hydrogen-bond acceptors (Lipinski definition) is 5. The molecule has 0 bridgehead atoms. The summed E-state index contributed by atoms with van der Waals surface area (Å²) in [6.07, 6.45) is 0.947. The molecule has 0 aliphatic carbocycles. The molecule has 7 nitrogen and oxygen atoms in total. The minimum Gasteiger partial charge on any atom is -0.493 e. The summed E-state index contributed by atoms with van der Waals surface area (Å²) in [5, 5.41) is 11.3. The normalized spacial score (nSPS) is 15.7. The number of nitrogens with zero attached hydrogens (tertiary/aromatic N) is 3. The average molecular weight is 468 g/mol. The number of hydrogen-bond donors (Lipinski definition) is 2. The van der Waals surface area contributed by atoms with Gasteiger partial charge in [0.2, 0.25) is 0 Å². The van der Waals surface area contributed by atoms with Gasteiger partial charge in [-0.05, 0) is 71.8 Å². The first-order valence-corrected chi connectivity index (χ1v) is 12.3. The predicted octanol–water partition coefficient (Wildman–Crippen LogP) is 4.56. The number of rotatable bonds is 5. The molecule has 0 spiro atoms. The Morgan fingerprint density at radius 3 is 2.57 bits per heavy atom. The van der Waals surface area contributed by atoms with E-state index in [0.717, 1.165) is 79.2 Å². The van der Waals surface area contributed by atoms with E-state index >= 15 is 0 Å². The highest BCUT2D eigenvalue weighted by Gasteiger charge is 2.17. The molecular weight excluding hydrogens is 438 g/mol. The van der Waals surface area contributed by atoms with E-state index in [0.29, 0.717) is 11.4 Å². The number of likely N-dealkylation sites (N-methyl/N-ethyl adjacent to an activating group) is 1. The quantitative estimate of drug-likeness (QED) is 0.450. The maximum atomic E-state index is 12.9. The fourth-order valence-electron chi connectivity index (χ4n) is 4.99. The van der Waals surface area contributed by atoms with E-state index in [-0.39, 0.29) is 5.91 Å². The lowest BCUT2D eigenvalue weighted by molar-refractivity contribution is 0.102. The highest BCUT2D eigenvalue weighted by molar-refractivity contribution is 6.08. The Kier molecular flexibility index (Phi) is 5.62. The Morgan fingerprint density at radius 2 is 1.77 bits per heavy atom. The summed E-state index contributed by atoms with van der Waals surface area (Å²) in [7, 11) is 0. The summed E-state index contributed by atoms with van der Waals surface area (Å²) in [6, 6.07) is 20.3. The summed E-state index contributed by atoms with van der Waals surface area (Å²) in [5.41, 5.74) is 6.16. The molecule has 1 aromatic heterocycles. The number of aromatic amines is 1. The second-order valence-corrected chi connectivity index (χ2v) is 9.18. The van der Waals surface area contributed by atoms with Crippen molar-refractivity contribution in [3.05, 3.63) is 71.8 Å². The van der Waals surface area contributed by atoms with Gasteiger partial charge in [0, 0.05) is 49.2 Å². The Bertz CT molecular complexity index is 1370. The van der Waals surface area contributed by atoms with E-state index in [9.17, 15) is 4.79 Å². The topological polar surface area (TPSA) is 73.5 Å². The van der Waals surface area contributed by atoms with Crippen LogP contribution in [-0.2, 0) is 6.42 Å². The van der Waals surface area contributed by atoms with Crippen LogP contribution in [0.25, 0.3) is 22.0 Å². The molecule has 0 saturated carbocycles. The van der Waals surface area contributed by atoms with Crippen molar-refractivity contribution < 1.29 is 9.53 Å². The summed E-state index contributed by atoms with van der Waals surface area (Å²) in [4.78, 5) is 17.8. The van der Waals surface area contributed by atoms with Crippen LogP contribution in [0.4, 0.5) is 11.5 Å². The van der Waals surface area contributed by atoms with Crippen LogP contribution in [0.1, 0.15) is 22.8 Å². The third kappa shape index (κ3) is 4.23. The van der Waals surface area contributed by atoms with Crippen molar-refractivity contribution in [3.63, 3.8) is 0 Å². The summed E-state index contributed by atoms with van der Waals surface area (Å²) >= 11 is 0. The zero-order chi connectivity index (χ0) is 23.8. The number of fused-ring (bicyclic) bond motifs is 2. The number of aromatic nitrogens is 2. The molecule has 4 aromatic rings. The molecule has 6 rings (SSSR count). The van der Waals surface area contributed by atoms with Gasteiger partial charge in [-0.25, -0.2) is 0 Å². The van der Waals surface area contributed by atoms with Crippen molar-refractivity contribution in [1.29, 1.82) is 0 Å². The zero-order valence-corrected chi connectivity index (χ0v) is 19.9. The van der Waals surface area contributed by atoms with Crippen LogP contribution in [0.15, 0.2) is 60.7 Å². The van der Waals surface area contributed by atoms with Gasteiger partial charge in [0.15, 0.2) is 5.82 Å². The molecule has 0 atom stereocenters.